The molecule has 0 N–H and O–H groups in total. The Morgan fingerprint density at radius 1 is 0.821 bits per heavy atom. The zero-order chi connectivity index (χ0) is 27.4. The summed E-state index contributed by atoms with van der Waals surface area (Å²) in [6.45, 7) is 6.02. The molecule has 5 nitrogen and oxygen atoms in total. The molecule has 3 aromatic carbocycles. The third kappa shape index (κ3) is 4.04. The number of ether oxygens (including phenoxy) is 1. The highest BCUT2D eigenvalue weighted by Crippen LogP contribution is 2.59. The van der Waals surface area contributed by atoms with Crippen molar-refractivity contribution in [1.82, 2.24) is 0 Å². The molecule has 3 aromatic rings. The SMILES string of the molecule is CCOC(=O)c1cc(N2C(=O)[C@@H]3[C@@H](C2=O)[C@H]2C=C[C@H]3C2=C(c2ccc(C)cc2)c2ccc(C)cc2)ccc1Cl. The Hall–Kier alpha value is -3.96. The quantitative estimate of drug-likeness (QED) is 0.210. The molecule has 2 aliphatic carbocycles. The van der Waals surface area contributed by atoms with Crippen LogP contribution in [0.1, 0.15) is 39.5 Å². The second kappa shape index (κ2) is 9.65. The van der Waals surface area contributed by atoms with Crippen LogP contribution in [-0.2, 0) is 14.3 Å². The van der Waals surface area contributed by atoms with E-state index in [1.54, 1.807) is 13.0 Å². The lowest BCUT2D eigenvalue weighted by molar-refractivity contribution is -0.122. The van der Waals surface area contributed by atoms with E-state index in [4.69, 9.17) is 16.3 Å². The molecule has 196 valence electrons. The van der Waals surface area contributed by atoms with Crippen LogP contribution in [0.15, 0.2) is 84.5 Å². The molecule has 4 atom stereocenters. The molecule has 1 saturated carbocycles. The van der Waals surface area contributed by atoms with Crippen LogP contribution in [0.3, 0.4) is 0 Å². The van der Waals surface area contributed by atoms with Gasteiger partial charge in [0, 0.05) is 11.8 Å². The van der Waals surface area contributed by atoms with Crippen molar-refractivity contribution in [2.45, 2.75) is 20.8 Å². The van der Waals surface area contributed by atoms with Crippen molar-refractivity contribution in [3.05, 3.63) is 117 Å². The van der Waals surface area contributed by atoms with Crippen LogP contribution < -0.4 is 4.90 Å². The Bertz CT molecular complexity index is 1490. The molecule has 6 heteroatoms. The molecule has 39 heavy (non-hydrogen) atoms. The maximum atomic E-state index is 13.9. The fraction of sp³-hybridized carbons (Fsp3) is 0.242. The predicted octanol–water partition coefficient (Wildman–Crippen LogP) is 6.56. The molecule has 6 rings (SSSR count). The largest absolute Gasteiger partial charge is 0.462 e. The number of benzene rings is 3. The van der Waals surface area contributed by atoms with E-state index in [1.165, 1.54) is 28.2 Å². The van der Waals surface area contributed by atoms with E-state index >= 15 is 0 Å². The van der Waals surface area contributed by atoms with Gasteiger partial charge in [0.25, 0.3) is 0 Å². The Labute approximate surface area is 232 Å². The van der Waals surface area contributed by atoms with Crippen molar-refractivity contribution in [2.24, 2.45) is 23.7 Å². The Kier molecular flexibility index (Phi) is 6.27. The van der Waals surface area contributed by atoms with Gasteiger partial charge in [0.2, 0.25) is 11.8 Å². The van der Waals surface area contributed by atoms with Crippen LogP contribution in [0.2, 0.25) is 5.02 Å². The van der Waals surface area contributed by atoms with Crippen molar-refractivity contribution >= 4 is 40.6 Å². The number of imide groups is 1. The Morgan fingerprint density at radius 3 is 1.82 bits per heavy atom. The zero-order valence-corrected chi connectivity index (χ0v) is 22.7. The first-order valence-corrected chi connectivity index (χ1v) is 13.6. The number of carbonyl (C=O) groups excluding carboxylic acids is 3. The number of hydrogen-bond acceptors (Lipinski definition) is 4. The number of esters is 1. The molecule has 1 aliphatic heterocycles. The van der Waals surface area contributed by atoms with Gasteiger partial charge in [0.1, 0.15) is 0 Å². The molecular weight excluding hydrogens is 510 g/mol. The fourth-order valence-electron chi connectivity index (χ4n) is 6.31. The number of anilines is 1. The van der Waals surface area contributed by atoms with Gasteiger partial charge in [-0.2, -0.15) is 0 Å². The van der Waals surface area contributed by atoms with Crippen LogP contribution in [0.4, 0.5) is 5.69 Å². The number of allylic oxidation sites excluding steroid dienone is 3. The van der Waals surface area contributed by atoms with Gasteiger partial charge in [-0.15, -0.1) is 0 Å². The molecule has 0 radical (unpaired) electrons. The molecule has 1 saturated heterocycles. The average Bonchev–Trinajstić information content (AvgIpc) is 3.56. The molecule has 2 bridgehead atoms. The summed E-state index contributed by atoms with van der Waals surface area (Å²) >= 11 is 6.24. The van der Waals surface area contributed by atoms with Crippen LogP contribution in [0.5, 0.6) is 0 Å². The number of carbonyl (C=O) groups is 3. The van der Waals surface area contributed by atoms with E-state index in [0.717, 1.165) is 22.3 Å². The van der Waals surface area contributed by atoms with Gasteiger partial charge in [0.05, 0.1) is 34.7 Å². The monoisotopic (exact) mass is 537 g/mol. The topological polar surface area (TPSA) is 63.7 Å². The van der Waals surface area contributed by atoms with Gasteiger partial charge < -0.3 is 4.74 Å². The number of rotatable bonds is 5. The molecule has 0 spiro atoms. The Balaban J connectivity index is 1.43. The normalized spacial score (nSPS) is 23.0. The molecular formula is C33H28ClNO4. The van der Waals surface area contributed by atoms with Crippen LogP contribution in [0.25, 0.3) is 5.57 Å². The van der Waals surface area contributed by atoms with Crippen molar-refractivity contribution in [1.29, 1.82) is 0 Å². The average molecular weight is 538 g/mol. The van der Waals surface area contributed by atoms with E-state index in [9.17, 15) is 14.4 Å². The summed E-state index contributed by atoms with van der Waals surface area (Å²) < 4.78 is 5.11. The Morgan fingerprint density at radius 2 is 1.33 bits per heavy atom. The molecule has 3 aliphatic rings. The molecule has 2 fully saturated rings. The summed E-state index contributed by atoms with van der Waals surface area (Å²) in [5.74, 6) is -2.43. The first-order chi connectivity index (χ1) is 18.8. The summed E-state index contributed by atoms with van der Waals surface area (Å²) in [6, 6.07) is 21.5. The van der Waals surface area contributed by atoms with E-state index in [2.05, 4.69) is 74.5 Å². The van der Waals surface area contributed by atoms with Crippen molar-refractivity contribution in [3.63, 3.8) is 0 Å². The van der Waals surface area contributed by atoms with E-state index in [0.29, 0.717) is 5.69 Å². The number of hydrogen-bond donors (Lipinski definition) is 0. The van der Waals surface area contributed by atoms with Gasteiger partial charge in [-0.05, 0) is 61.2 Å². The number of amides is 2. The van der Waals surface area contributed by atoms with E-state index in [-0.39, 0.29) is 40.8 Å². The lowest BCUT2D eigenvalue weighted by Gasteiger charge is -2.22. The zero-order valence-electron chi connectivity index (χ0n) is 22.0. The van der Waals surface area contributed by atoms with Crippen molar-refractivity contribution in [2.75, 3.05) is 11.5 Å². The second-order valence-electron chi connectivity index (χ2n) is 10.4. The number of aryl methyl sites for hydroxylation is 2. The number of halogens is 1. The predicted molar refractivity (Wildman–Crippen MR) is 151 cm³/mol. The fourth-order valence-corrected chi connectivity index (χ4v) is 6.50. The van der Waals surface area contributed by atoms with Crippen LogP contribution >= 0.6 is 11.6 Å². The van der Waals surface area contributed by atoms with Crippen molar-refractivity contribution < 1.29 is 19.1 Å². The maximum Gasteiger partial charge on any atom is 0.339 e. The molecule has 2 amide bonds. The van der Waals surface area contributed by atoms with Crippen molar-refractivity contribution in [3.8, 4) is 0 Å². The highest BCUT2D eigenvalue weighted by Gasteiger charge is 2.62. The molecule has 0 unspecified atom stereocenters. The third-order valence-electron chi connectivity index (χ3n) is 8.09. The minimum Gasteiger partial charge on any atom is -0.462 e. The second-order valence-corrected chi connectivity index (χ2v) is 10.9. The van der Waals surface area contributed by atoms with Gasteiger partial charge in [-0.3, -0.25) is 9.59 Å². The summed E-state index contributed by atoms with van der Waals surface area (Å²) in [5.41, 5.74) is 7.18. The van der Waals surface area contributed by atoms with E-state index < -0.39 is 17.8 Å². The lowest BCUT2D eigenvalue weighted by Crippen LogP contribution is -2.33. The maximum absolute atomic E-state index is 13.9. The minimum absolute atomic E-state index is 0.136. The van der Waals surface area contributed by atoms with E-state index in [1.807, 2.05) is 0 Å². The molecule has 1 heterocycles. The number of fused-ring (bicyclic) bond motifs is 5. The van der Waals surface area contributed by atoms with Crippen LogP contribution in [-0.4, -0.2) is 24.4 Å². The third-order valence-corrected chi connectivity index (χ3v) is 8.42. The summed E-state index contributed by atoms with van der Waals surface area (Å²) in [7, 11) is 0. The van der Waals surface area contributed by atoms with Gasteiger partial charge in [-0.25, -0.2) is 9.69 Å². The summed E-state index contributed by atoms with van der Waals surface area (Å²) in [4.78, 5) is 41.5. The highest BCUT2D eigenvalue weighted by molar-refractivity contribution is 6.34. The first kappa shape index (κ1) is 25.3. The summed E-state index contributed by atoms with van der Waals surface area (Å²) in [5, 5.41) is 0.212. The van der Waals surface area contributed by atoms with Gasteiger partial charge in [0.15, 0.2) is 0 Å². The first-order valence-electron chi connectivity index (χ1n) is 13.2. The standard InChI is InChI=1S/C33H28ClNO4/c1-4-39-33(38)25-17-22(13-16-26(25)34)35-31(36)29-23-14-15-24(30(29)32(35)37)28(23)27(20-9-5-18(2)6-10-20)21-11-7-19(3)8-12-21/h5-17,23-24,29-30H,4H2,1-3H3/t23-,24-,29-,30-/m0/s1. The van der Waals surface area contributed by atoms with Gasteiger partial charge >= 0.3 is 5.97 Å². The van der Waals surface area contributed by atoms with Crippen LogP contribution in [0, 0.1) is 37.5 Å². The lowest BCUT2D eigenvalue weighted by atomic mass is 9.85. The minimum atomic E-state index is -0.587. The smallest absolute Gasteiger partial charge is 0.339 e. The summed E-state index contributed by atoms with van der Waals surface area (Å²) in [6.07, 6.45) is 4.17. The molecule has 0 aromatic heterocycles. The number of nitrogens with zero attached hydrogens (tertiary/aromatic N) is 1. The highest BCUT2D eigenvalue weighted by atomic mass is 35.5. The van der Waals surface area contributed by atoms with Gasteiger partial charge in [-0.1, -0.05) is 83.4 Å².